The van der Waals surface area contributed by atoms with Gasteiger partial charge in [-0.2, -0.15) is 19.9 Å². The van der Waals surface area contributed by atoms with E-state index in [1.165, 1.54) is 11.6 Å². The Morgan fingerprint density at radius 2 is 1.09 bits per heavy atom. The molecule has 0 amide bonds. The third kappa shape index (κ3) is 5.58. The zero-order chi connectivity index (χ0) is 37.9. The standard InChI is InChI=1S/C48H33FN8/c49-38-25-13-10-24-35(38)46-51-45(32-20-8-3-9-21-32)54-48(55-46)57-40-27-15-12-23-34(40)37-28-41-36(29-42(37)57)33-22-11-14-26-39(33)56(41)47-52-43(30-16-4-1-5-17-30)50-44(53-47)31-18-6-2-7-19-31/h1,3-6,8-11,13-22,24-29H,2,7,12,23H2. The highest BCUT2D eigenvalue weighted by Gasteiger charge is 2.26. The Kier molecular flexibility index (Phi) is 7.77. The van der Waals surface area contributed by atoms with Crippen LogP contribution in [0.5, 0.6) is 0 Å². The predicted molar refractivity (Wildman–Crippen MR) is 224 cm³/mol. The first kappa shape index (κ1) is 33.0. The van der Waals surface area contributed by atoms with Gasteiger partial charge in [-0.3, -0.25) is 9.13 Å². The fraction of sp³-hybridized carbons (Fsp3) is 0.0833. The molecular formula is C48H33FN8. The molecule has 5 aromatic carbocycles. The van der Waals surface area contributed by atoms with Crippen molar-refractivity contribution in [1.29, 1.82) is 0 Å². The topological polar surface area (TPSA) is 87.2 Å². The Hall–Kier alpha value is -7.39. The second-order valence-corrected chi connectivity index (χ2v) is 14.3. The molecule has 0 fully saturated rings. The average molecular weight is 741 g/mol. The minimum atomic E-state index is -0.393. The molecule has 0 aliphatic heterocycles. The summed E-state index contributed by atoms with van der Waals surface area (Å²) in [5.74, 6) is 2.58. The molecule has 4 heterocycles. The number of hydrogen-bond acceptors (Lipinski definition) is 6. The van der Waals surface area contributed by atoms with E-state index in [-0.39, 0.29) is 5.82 Å². The van der Waals surface area contributed by atoms with Crippen LogP contribution in [-0.4, -0.2) is 39.0 Å². The summed E-state index contributed by atoms with van der Waals surface area (Å²) >= 11 is 0. The van der Waals surface area contributed by atoms with Crippen LogP contribution in [0.25, 0.3) is 90.4 Å². The molecule has 0 N–H and O–H groups in total. The molecule has 0 saturated carbocycles. The van der Waals surface area contributed by atoms with Gasteiger partial charge in [0.1, 0.15) is 5.82 Å². The Morgan fingerprint density at radius 3 is 1.84 bits per heavy atom. The minimum Gasteiger partial charge on any atom is -0.278 e. The lowest BCUT2D eigenvalue weighted by molar-refractivity contribution is 0.629. The van der Waals surface area contributed by atoms with Crippen molar-refractivity contribution in [2.75, 3.05) is 0 Å². The minimum absolute atomic E-state index is 0.271. The summed E-state index contributed by atoms with van der Waals surface area (Å²) in [5, 5.41) is 3.17. The van der Waals surface area contributed by atoms with Gasteiger partial charge in [-0.05, 0) is 67.7 Å². The van der Waals surface area contributed by atoms with E-state index in [2.05, 4.69) is 75.9 Å². The van der Waals surface area contributed by atoms with Crippen LogP contribution in [-0.2, 0) is 6.42 Å². The number of fused-ring (bicyclic) bond motifs is 6. The SMILES string of the molecule is Fc1ccccc1-c1nc(-c2ccccc2)nc(-n2c3c(c4cc5c(cc42)c2ccccc2n5-c2nc(C4=CCCC=C4)nc(-c4ccccc4)n2)CCC=C3)n1. The fourth-order valence-electron chi connectivity index (χ4n) is 8.16. The van der Waals surface area contributed by atoms with E-state index < -0.39 is 5.82 Å². The van der Waals surface area contributed by atoms with Crippen molar-refractivity contribution in [3.05, 3.63) is 169 Å². The predicted octanol–water partition coefficient (Wildman–Crippen LogP) is 10.9. The van der Waals surface area contributed by atoms with E-state index in [4.69, 9.17) is 29.9 Å². The van der Waals surface area contributed by atoms with Crippen LogP contribution >= 0.6 is 0 Å². The first-order valence-corrected chi connectivity index (χ1v) is 19.2. The summed E-state index contributed by atoms with van der Waals surface area (Å²) < 4.78 is 19.7. The van der Waals surface area contributed by atoms with Crippen molar-refractivity contribution in [3.63, 3.8) is 0 Å². The van der Waals surface area contributed by atoms with E-state index in [0.29, 0.717) is 34.9 Å². The van der Waals surface area contributed by atoms with Crippen LogP contribution in [0.15, 0.2) is 146 Å². The molecule has 0 spiro atoms. The Bertz CT molecular complexity index is 3140. The molecule has 0 bridgehead atoms. The molecule has 9 heteroatoms. The quantitative estimate of drug-likeness (QED) is 0.169. The van der Waals surface area contributed by atoms with Crippen molar-refractivity contribution in [3.8, 4) is 46.1 Å². The molecule has 272 valence electrons. The molecule has 2 aliphatic carbocycles. The number of rotatable bonds is 6. The maximum Gasteiger partial charge on any atom is 0.238 e. The highest BCUT2D eigenvalue weighted by Crippen LogP contribution is 2.40. The molecule has 11 rings (SSSR count). The second kappa shape index (κ2) is 13.4. The van der Waals surface area contributed by atoms with E-state index >= 15 is 4.39 Å². The highest BCUT2D eigenvalue weighted by molar-refractivity contribution is 6.14. The number of nitrogens with zero attached hydrogens (tertiary/aromatic N) is 8. The third-order valence-corrected chi connectivity index (χ3v) is 10.8. The smallest absolute Gasteiger partial charge is 0.238 e. The first-order valence-electron chi connectivity index (χ1n) is 19.2. The number of aromatic nitrogens is 8. The Morgan fingerprint density at radius 1 is 0.474 bits per heavy atom. The van der Waals surface area contributed by atoms with Crippen LogP contribution in [0.4, 0.5) is 4.39 Å². The van der Waals surface area contributed by atoms with Gasteiger partial charge in [0.05, 0.1) is 27.8 Å². The van der Waals surface area contributed by atoms with Gasteiger partial charge in [0, 0.05) is 32.9 Å². The molecule has 57 heavy (non-hydrogen) atoms. The number of halogens is 1. The Balaban J connectivity index is 1.20. The third-order valence-electron chi connectivity index (χ3n) is 10.8. The number of hydrogen-bond donors (Lipinski definition) is 0. The van der Waals surface area contributed by atoms with Gasteiger partial charge >= 0.3 is 0 Å². The molecule has 0 atom stereocenters. The van der Waals surface area contributed by atoms with E-state index in [1.807, 2.05) is 60.7 Å². The van der Waals surface area contributed by atoms with Gasteiger partial charge in [-0.15, -0.1) is 0 Å². The molecule has 0 unspecified atom stereocenters. The van der Waals surface area contributed by atoms with Crippen molar-refractivity contribution in [2.45, 2.75) is 25.7 Å². The molecule has 8 nitrogen and oxygen atoms in total. The molecule has 4 aromatic heterocycles. The van der Waals surface area contributed by atoms with Crippen LogP contribution in [0, 0.1) is 5.82 Å². The fourth-order valence-corrected chi connectivity index (χ4v) is 8.16. The van der Waals surface area contributed by atoms with Crippen LogP contribution < -0.4 is 0 Å². The lowest BCUT2D eigenvalue weighted by atomic mass is 10.00. The van der Waals surface area contributed by atoms with Gasteiger partial charge in [0.25, 0.3) is 0 Å². The lowest BCUT2D eigenvalue weighted by Crippen LogP contribution is -2.09. The van der Waals surface area contributed by atoms with E-state index in [9.17, 15) is 0 Å². The summed E-state index contributed by atoms with van der Waals surface area (Å²) in [6.07, 6.45) is 14.5. The first-order chi connectivity index (χ1) is 28.2. The highest BCUT2D eigenvalue weighted by atomic mass is 19.1. The summed E-state index contributed by atoms with van der Waals surface area (Å²) in [7, 11) is 0. The van der Waals surface area contributed by atoms with E-state index in [0.717, 1.165) is 80.8 Å². The van der Waals surface area contributed by atoms with Gasteiger partial charge < -0.3 is 0 Å². The van der Waals surface area contributed by atoms with Gasteiger partial charge in [0.15, 0.2) is 23.3 Å². The zero-order valence-electron chi connectivity index (χ0n) is 30.7. The van der Waals surface area contributed by atoms with Gasteiger partial charge in [-0.1, -0.05) is 115 Å². The Labute approximate surface area is 327 Å². The maximum absolute atomic E-state index is 15.4. The summed E-state index contributed by atoms with van der Waals surface area (Å²) in [4.78, 5) is 30.2. The van der Waals surface area contributed by atoms with Gasteiger partial charge in [0.2, 0.25) is 11.9 Å². The zero-order valence-corrected chi connectivity index (χ0v) is 30.7. The number of benzene rings is 5. The van der Waals surface area contributed by atoms with Gasteiger partial charge in [-0.25, -0.2) is 14.4 Å². The number of para-hydroxylation sites is 1. The molecule has 2 aliphatic rings. The van der Waals surface area contributed by atoms with Crippen LogP contribution in [0.1, 0.15) is 36.3 Å². The molecular weight excluding hydrogens is 708 g/mol. The lowest BCUT2D eigenvalue weighted by Gasteiger charge is -2.13. The second-order valence-electron chi connectivity index (χ2n) is 14.3. The maximum atomic E-state index is 15.4. The van der Waals surface area contributed by atoms with Crippen molar-refractivity contribution < 1.29 is 4.39 Å². The number of allylic oxidation sites excluding steroid dienone is 5. The van der Waals surface area contributed by atoms with Crippen molar-refractivity contribution >= 4 is 44.4 Å². The summed E-state index contributed by atoms with van der Waals surface area (Å²) in [6.45, 7) is 0. The average Bonchev–Trinajstić information content (AvgIpc) is 3.78. The molecule has 0 saturated heterocycles. The summed E-state index contributed by atoms with van der Waals surface area (Å²) in [6, 6.07) is 39.4. The number of aryl methyl sites for hydroxylation is 1. The molecule has 9 aromatic rings. The molecule has 0 radical (unpaired) electrons. The van der Waals surface area contributed by atoms with Crippen LogP contribution in [0.3, 0.4) is 0 Å². The van der Waals surface area contributed by atoms with Crippen molar-refractivity contribution in [2.24, 2.45) is 0 Å². The monoisotopic (exact) mass is 740 g/mol. The summed E-state index contributed by atoms with van der Waals surface area (Å²) in [5.41, 5.74) is 8.15. The van der Waals surface area contributed by atoms with Crippen molar-refractivity contribution in [1.82, 2.24) is 39.0 Å². The van der Waals surface area contributed by atoms with Crippen LogP contribution in [0.2, 0.25) is 0 Å². The largest absolute Gasteiger partial charge is 0.278 e. The normalized spacial score (nSPS) is 13.7. The van der Waals surface area contributed by atoms with E-state index in [1.54, 1.807) is 18.2 Å².